The van der Waals surface area contributed by atoms with Gasteiger partial charge in [-0.15, -0.1) is 0 Å². The van der Waals surface area contributed by atoms with E-state index < -0.39 is 0 Å². The molecule has 50 heavy (non-hydrogen) atoms. The van der Waals surface area contributed by atoms with Gasteiger partial charge in [-0.2, -0.15) is 0 Å². The Balaban J connectivity index is 1.24. The summed E-state index contributed by atoms with van der Waals surface area (Å²) in [7, 11) is 0. The molecule has 0 N–H and O–H groups in total. The second kappa shape index (κ2) is 11.4. The molecule has 0 aliphatic carbocycles. The van der Waals surface area contributed by atoms with Crippen molar-refractivity contribution in [1.29, 1.82) is 0 Å². The van der Waals surface area contributed by atoms with Crippen molar-refractivity contribution in [1.82, 2.24) is 15.0 Å². The van der Waals surface area contributed by atoms with E-state index in [1.54, 1.807) is 0 Å². The number of aromatic nitrogens is 3. The summed E-state index contributed by atoms with van der Waals surface area (Å²) >= 11 is 0. The van der Waals surface area contributed by atoms with Crippen LogP contribution in [0, 0.1) is 0 Å². The molecule has 234 valence electrons. The molecule has 0 saturated heterocycles. The third-order valence-electron chi connectivity index (χ3n) is 9.37. The minimum absolute atomic E-state index is 0.540. The zero-order valence-electron chi connectivity index (χ0n) is 26.7. The molecule has 3 aromatic heterocycles. The Kier molecular flexibility index (Phi) is 6.42. The molecule has 0 aliphatic heterocycles. The van der Waals surface area contributed by atoms with Gasteiger partial charge in [0.25, 0.3) is 0 Å². The standard InChI is InChI=1S/C45H27N3O2/c1-3-12-28(13-4-1)30-22-24-35(37(26-30)29-14-5-2-6-15-29)44-46-43(31-23-25-41-38(27-31)33-17-8-9-20-39(33)49-41)47-45(48-44)36-19-11-18-34-32-16-7-10-21-40(32)50-42(34)36/h1-27H. The first-order valence-electron chi connectivity index (χ1n) is 16.6. The molecular formula is C45H27N3O2. The summed E-state index contributed by atoms with van der Waals surface area (Å²) < 4.78 is 12.6. The normalized spacial score (nSPS) is 11.6. The van der Waals surface area contributed by atoms with Crippen LogP contribution in [0.3, 0.4) is 0 Å². The van der Waals surface area contributed by atoms with Crippen LogP contribution in [0.5, 0.6) is 0 Å². The second-order valence-electron chi connectivity index (χ2n) is 12.4. The van der Waals surface area contributed by atoms with Gasteiger partial charge in [0.05, 0.1) is 5.56 Å². The monoisotopic (exact) mass is 641 g/mol. The number of hydrogen-bond acceptors (Lipinski definition) is 5. The highest BCUT2D eigenvalue weighted by Crippen LogP contribution is 2.39. The van der Waals surface area contributed by atoms with E-state index in [0.717, 1.165) is 82.8 Å². The van der Waals surface area contributed by atoms with Crippen LogP contribution in [-0.4, -0.2) is 15.0 Å². The molecule has 0 unspecified atom stereocenters. The predicted molar refractivity (Wildman–Crippen MR) is 202 cm³/mol. The SMILES string of the molecule is c1ccc(-c2ccc(-c3nc(-c4ccc5oc6ccccc6c5c4)nc(-c4cccc5c4oc4ccccc45)n3)c(-c3ccccc3)c2)cc1. The van der Waals surface area contributed by atoms with E-state index in [2.05, 4.69) is 91.0 Å². The van der Waals surface area contributed by atoms with E-state index in [1.165, 1.54) is 0 Å². The van der Waals surface area contributed by atoms with Crippen LogP contribution in [0.4, 0.5) is 0 Å². The Bertz CT molecular complexity index is 2870. The van der Waals surface area contributed by atoms with E-state index in [9.17, 15) is 0 Å². The third kappa shape index (κ3) is 4.67. The van der Waals surface area contributed by atoms with Crippen molar-refractivity contribution in [2.45, 2.75) is 0 Å². The Hall–Kier alpha value is -6.85. The van der Waals surface area contributed by atoms with Gasteiger partial charge in [-0.25, -0.2) is 15.0 Å². The van der Waals surface area contributed by atoms with Gasteiger partial charge in [0.1, 0.15) is 22.3 Å². The van der Waals surface area contributed by atoms with Crippen molar-refractivity contribution in [3.8, 4) is 56.4 Å². The predicted octanol–water partition coefficient (Wildman–Crippen LogP) is 12.0. The van der Waals surface area contributed by atoms with Crippen LogP contribution >= 0.6 is 0 Å². The van der Waals surface area contributed by atoms with Gasteiger partial charge in [-0.05, 0) is 70.8 Å². The van der Waals surface area contributed by atoms with Gasteiger partial charge in [-0.3, -0.25) is 0 Å². The first kappa shape index (κ1) is 28.2. The molecule has 0 aliphatic rings. The van der Waals surface area contributed by atoms with E-state index >= 15 is 0 Å². The summed E-state index contributed by atoms with van der Waals surface area (Å²) in [5.74, 6) is 1.68. The number of benzene rings is 7. The average molecular weight is 642 g/mol. The summed E-state index contributed by atoms with van der Waals surface area (Å²) in [5, 5.41) is 4.14. The van der Waals surface area contributed by atoms with E-state index in [-0.39, 0.29) is 0 Å². The van der Waals surface area contributed by atoms with Crippen LogP contribution in [0.1, 0.15) is 0 Å². The van der Waals surface area contributed by atoms with E-state index in [1.807, 2.05) is 72.8 Å². The topological polar surface area (TPSA) is 65.0 Å². The molecule has 7 aromatic carbocycles. The Morgan fingerprint density at radius 2 is 0.880 bits per heavy atom. The molecule has 0 saturated carbocycles. The first-order chi connectivity index (χ1) is 24.8. The third-order valence-corrected chi connectivity index (χ3v) is 9.37. The zero-order valence-corrected chi connectivity index (χ0v) is 26.7. The number of hydrogen-bond donors (Lipinski definition) is 0. The van der Waals surface area contributed by atoms with Gasteiger partial charge < -0.3 is 8.83 Å². The fraction of sp³-hybridized carbons (Fsp3) is 0. The van der Waals surface area contributed by atoms with E-state index in [0.29, 0.717) is 17.5 Å². The highest BCUT2D eigenvalue weighted by molar-refractivity contribution is 6.09. The Labute approximate surface area is 287 Å². The molecular weight excluding hydrogens is 615 g/mol. The fourth-order valence-corrected chi connectivity index (χ4v) is 6.94. The lowest BCUT2D eigenvalue weighted by Crippen LogP contribution is -2.01. The maximum Gasteiger partial charge on any atom is 0.167 e. The van der Waals surface area contributed by atoms with Crippen LogP contribution in [0.25, 0.3) is 100 Å². The lowest BCUT2D eigenvalue weighted by molar-refractivity contribution is 0.669. The molecule has 10 aromatic rings. The van der Waals surface area contributed by atoms with Gasteiger partial charge in [0.15, 0.2) is 17.5 Å². The fourth-order valence-electron chi connectivity index (χ4n) is 6.94. The van der Waals surface area contributed by atoms with Crippen molar-refractivity contribution < 1.29 is 8.83 Å². The lowest BCUT2D eigenvalue weighted by atomic mass is 9.94. The highest BCUT2D eigenvalue weighted by atomic mass is 16.3. The van der Waals surface area contributed by atoms with Gasteiger partial charge in [0.2, 0.25) is 0 Å². The summed E-state index contributed by atoms with van der Waals surface area (Å²) in [5.41, 5.74) is 10.2. The minimum atomic E-state index is 0.540. The number of para-hydroxylation sites is 3. The van der Waals surface area contributed by atoms with Crippen molar-refractivity contribution in [2.24, 2.45) is 0 Å². The molecule has 0 fully saturated rings. The molecule has 0 atom stereocenters. The number of nitrogens with zero attached hydrogens (tertiary/aromatic N) is 3. The second-order valence-corrected chi connectivity index (χ2v) is 12.4. The van der Waals surface area contributed by atoms with Crippen LogP contribution < -0.4 is 0 Å². The van der Waals surface area contributed by atoms with Crippen LogP contribution in [0.2, 0.25) is 0 Å². The number of fused-ring (bicyclic) bond motifs is 6. The van der Waals surface area contributed by atoms with Gasteiger partial charge in [-0.1, -0.05) is 115 Å². The van der Waals surface area contributed by atoms with E-state index in [4.69, 9.17) is 23.8 Å². The molecule has 3 heterocycles. The van der Waals surface area contributed by atoms with Crippen LogP contribution in [-0.2, 0) is 0 Å². The van der Waals surface area contributed by atoms with Crippen molar-refractivity contribution in [3.63, 3.8) is 0 Å². The Morgan fingerprint density at radius 1 is 0.300 bits per heavy atom. The number of furan rings is 2. The smallest absolute Gasteiger partial charge is 0.167 e. The first-order valence-corrected chi connectivity index (χ1v) is 16.6. The summed E-state index contributed by atoms with van der Waals surface area (Å²) in [6.45, 7) is 0. The quantitative estimate of drug-likeness (QED) is 0.187. The largest absolute Gasteiger partial charge is 0.456 e. The number of rotatable bonds is 5. The maximum atomic E-state index is 6.47. The molecule has 0 spiro atoms. The van der Waals surface area contributed by atoms with Crippen LogP contribution in [0.15, 0.2) is 173 Å². The van der Waals surface area contributed by atoms with Gasteiger partial charge >= 0.3 is 0 Å². The van der Waals surface area contributed by atoms with Crippen molar-refractivity contribution in [3.05, 3.63) is 164 Å². The summed E-state index contributed by atoms with van der Waals surface area (Å²) in [6, 6.07) is 55.8. The van der Waals surface area contributed by atoms with Gasteiger partial charge in [0, 0.05) is 32.7 Å². The summed E-state index contributed by atoms with van der Waals surface area (Å²) in [6.07, 6.45) is 0. The van der Waals surface area contributed by atoms with Crippen molar-refractivity contribution >= 4 is 43.9 Å². The Morgan fingerprint density at radius 3 is 1.66 bits per heavy atom. The molecule has 0 radical (unpaired) electrons. The molecule has 10 rings (SSSR count). The maximum absolute atomic E-state index is 6.47. The molecule has 0 amide bonds. The highest BCUT2D eigenvalue weighted by Gasteiger charge is 2.20. The van der Waals surface area contributed by atoms with Crippen molar-refractivity contribution in [2.75, 3.05) is 0 Å². The average Bonchev–Trinajstić information content (AvgIpc) is 3.76. The molecule has 5 heteroatoms. The molecule has 0 bridgehead atoms. The zero-order chi connectivity index (χ0) is 33.0. The minimum Gasteiger partial charge on any atom is -0.456 e. The summed E-state index contributed by atoms with van der Waals surface area (Å²) in [4.78, 5) is 15.6. The lowest BCUT2D eigenvalue weighted by Gasteiger charge is -2.14. The molecule has 5 nitrogen and oxygen atoms in total.